The summed E-state index contributed by atoms with van der Waals surface area (Å²) in [5.74, 6) is 0.830. The molecule has 1 aromatic heterocycles. The highest BCUT2D eigenvalue weighted by Gasteiger charge is 2.23. The number of rotatable bonds is 7. The minimum absolute atomic E-state index is 0.378. The van der Waals surface area contributed by atoms with Gasteiger partial charge in [0, 0.05) is 19.0 Å². The van der Waals surface area contributed by atoms with Gasteiger partial charge in [-0.05, 0) is 37.9 Å². The van der Waals surface area contributed by atoms with Crippen molar-refractivity contribution in [3.05, 3.63) is 52.0 Å². The predicted molar refractivity (Wildman–Crippen MR) is 110 cm³/mol. The van der Waals surface area contributed by atoms with Crippen LogP contribution in [0.4, 0.5) is 0 Å². The van der Waals surface area contributed by atoms with E-state index in [4.69, 9.17) is 0 Å². The maximum atomic E-state index is 4.61. The van der Waals surface area contributed by atoms with E-state index in [0.717, 1.165) is 24.6 Å². The molecule has 26 heavy (non-hydrogen) atoms. The summed E-state index contributed by atoms with van der Waals surface area (Å²) in [4.78, 5) is 11.6. The van der Waals surface area contributed by atoms with Gasteiger partial charge in [0.25, 0.3) is 0 Å². The van der Waals surface area contributed by atoms with Gasteiger partial charge in [0.1, 0.15) is 0 Å². The van der Waals surface area contributed by atoms with Gasteiger partial charge >= 0.3 is 0 Å². The lowest BCUT2D eigenvalue weighted by molar-refractivity contribution is 0.245. The fourth-order valence-electron chi connectivity index (χ4n) is 3.37. The van der Waals surface area contributed by atoms with Crippen molar-refractivity contribution >= 4 is 17.3 Å². The van der Waals surface area contributed by atoms with Gasteiger partial charge in [0.15, 0.2) is 5.96 Å². The van der Waals surface area contributed by atoms with Crippen LogP contribution >= 0.6 is 11.3 Å². The Hall–Kier alpha value is -1.92. The molecule has 0 spiro atoms. The van der Waals surface area contributed by atoms with Gasteiger partial charge in [-0.1, -0.05) is 37.3 Å². The van der Waals surface area contributed by atoms with Crippen LogP contribution in [0.15, 0.2) is 40.7 Å². The second kappa shape index (κ2) is 9.69. The lowest BCUT2D eigenvalue weighted by atomic mass is 10.1. The second-order valence-electron chi connectivity index (χ2n) is 6.56. The number of hydrogen-bond donors (Lipinski definition) is 2. The van der Waals surface area contributed by atoms with Gasteiger partial charge in [-0.2, -0.15) is 0 Å². The van der Waals surface area contributed by atoms with Crippen molar-refractivity contribution in [3.8, 4) is 0 Å². The van der Waals surface area contributed by atoms with Gasteiger partial charge in [-0.25, -0.2) is 4.98 Å². The normalized spacial score (nSPS) is 16.6. The summed E-state index contributed by atoms with van der Waals surface area (Å²) < 4.78 is 0. The van der Waals surface area contributed by atoms with Crippen LogP contribution in [0.5, 0.6) is 0 Å². The first-order valence-electron chi connectivity index (χ1n) is 9.47. The number of aryl methyl sites for hydroxylation is 1. The van der Waals surface area contributed by atoms with Gasteiger partial charge < -0.3 is 10.6 Å². The molecule has 1 atom stereocenters. The summed E-state index contributed by atoms with van der Waals surface area (Å²) in [6, 6.07) is 11.2. The van der Waals surface area contributed by atoms with Crippen LogP contribution in [-0.2, 0) is 13.0 Å². The van der Waals surface area contributed by atoms with E-state index in [2.05, 4.69) is 68.1 Å². The molecule has 1 saturated heterocycles. The third-order valence-electron chi connectivity index (χ3n) is 4.79. The van der Waals surface area contributed by atoms with E-state index in [1.165, 1.54) is 36.5 Å². The molecule has 0 bridgehead atoms. The van der Waals surface area contributed by atoms with Crippen molar-refractivity contribution in [1.82, 2.24) is 20.5 Å². The number of aliphatic imine (C=N–C) groups is 1. The third-order valence-corrected chi connectivity index (χ3v) is 5.83. The van der Waals surface area contributed by atoms with Crippen molar-refractivity contribution < 1.29 is 0 Å². The highest BCUT2D eigenvalue weighted by Crippen LogP contribution is 2.24. The fraction of sp³-hybridized carbons (Fsp3) is 0.500. The van der Waals surface area contributed by atoms with Crippen LogP contribution in [-0.4, -0.2) is 42.5 Å². The molecule has 1 aliphatic rings. The highest BCUT2D eigenvalue weighted by molar-refractivity contribution is 7.09. The third kappa shape index (κ3) is 5.05. The van der Waals surface area contributed by atoms with E-state index in [1.807, 2.05) is 7.05 Å². The quantitative estimate of drug-likeness (QED) is 0.580. The van der Waals surface area contributed by atoms with Crippen molar-refractivity contribution in [1.29, 1.82) is 0 Å². The van der Waals surface area contributed by atoms with Crippen molar-refractivity contribution in [2.24, 2.45) is 4.99 Å². The number of nitrogens with one attached hydrogen (secondary N) is 2. The van der Waals surface area contributed by atoms with Crippen LogP contribution in [0.25, 0.3) is 0 Å². The Morgan fingerprint density at radius 2 is 2.00 bits per heavy atom. The molecule has 0 radical (unpaired) electrons. The topological polar surface area (TPSA) is 52.6 Å². The molecule has 1 aromatic carbocycles. The van der Waals surface area contributed by atoms with Crippen LogP contribution in [0, 0.1) is 0 Å². The van der Waals surface area contributed by atoms with Gasteiger partial charge in [0.05, 0.1) is 23.3 Å². The van der Waals surface area contributed by atoms with Crippen LogP contribution in [0.2, 0.25) is 0 Å². The first kappa shape index (κ1) is 18.9. The molecular weight excluding hydrogens is 342 g/mol. The van der Waals surface area contributed by atoms with E-state index >= 15 is 0 Å². The molecule has 1 aliphatic heterocycles. The van der Waals surface area contributed by atoms with E-state index < -0.39 is 0 Å². The SMILES string of the molecule is CCc1nc(CNC(=NC)NCC(c2ccccc2)N2CCCC2)cs1. The van der Waals surface area contributed by atoms with Crippen molar-refractivity contribution in [2.45, 2.75) is 38.8 Å². The van der Waals surface area contributed by atoms with Crippen LogP contribution < -0.4 is 10.6 Å². The predicted octanol–water partition coefficient (Wildman–Crippen LogP) is 3.21. The van der Waals surface area contributed by atoms with Gasteiger partial charge in [-0.15, -0.1) is 11.3 Å². The minimum atomic E-state index is 0.378. The average molecular weight is 372 g/mol. The Morgan fingerprint density at radius 3 is 2.65 bits per heavy atom. The summed E-state index contributed by atoms with van der Waals surface area (Å²) >= 11 is 1.72. The number of nitrogens with zero attached hydrogens (tertiary/aromatic N) is 3. The molecule has 0 aliphatic carbocycles. The summed E-state index contributed by atoms with van der Waals surface area (Å²) in [5.41, 5.74) is 2.44. The molecule has 2 heterocycles. The Bertz CT molecular complexity index is 691. The molecule has 3 rings (SSSR count). The fourth-order valence-corrected chi connectivity index (χ4v) is 4.11. The first-order chi connectivity index (χ1) is 12.8. The zero-order chi connectivity index (χ0) is 18.2. The average Bonchev–Trinajstić information content (AvgIpc) is 3.37. The largest absolute Gasteiger partial charge is 0.354 e. The van der Waals surface area contributed by atoms with E-state index in [9.17, 15) is 0 Å². The van der Waals surface area contributed by atoms with Crippen molar-refractivity contribution in [3.63, 3.8) is 0 Å². The molecule has 2 aromatic rings. The number of likely N-dealkylation sites (tertiary alicyclic amines) is 1. The maximum Gasteiger partial charge on any atom is 0.191 e. The smallest absolute Gasteiger partial charge is 0.191 e. The van der Waals surface area contributed by atoms with Crippen LogP contribution in [0.3, 0.4) is 0 Å². The van der Waals surface area contributed by atoms with E-state index in [1.54, 1.807) is 11.3 Å². The van der Waals surface area contributed by atoms with Gasteiger partial charge in [-0.3, -0.25) is 9.89 Å². The molecular formula is C20H29N5S. The van der Waals surface area contributed by atoms with Crippen molar-refractivity contribution in [2.75, 3.05) is 26.7 Å². The zero-order valence-corrected chi connectivity index (χ0v) is 16.6. The van der Waals surface area contributed by atoms with Gasteiger partial charge in [0.2, 0.25) is 0 Å². The first-order valence-corrected chi connectivity index (χ1v) is 10.3. The Balaban J connectivity index is 1.57. The lowest BCUT2D eigenvalue weighted by Crippen LogP contribution is -2.42. The number of aromatic nitrogens is 1. The van der Waals surface area contributed by atoms with Crippen LogP contribution in [0.1, 0.15) is 42.1 Å². The minimum Gasteiger partial charge on any atom is -0.354 e. The Labute approximate surface area is 160 Å². The Morgan fingerprint density at radius 1 is 1.23 bits per heavy atom. The molecule has 5 nitrogen and oxygen atoms in total. The molecule has 6 heteroatoms. The summed E-state index contributed by atoms with van der Waals surface area (Å²) in [6.45, 7) is 6.03. The number of thiazole rings is 1. The molecule has 1 fully saturated rings. The summed E-state index contributed by atoms with van der Waals surface area (Å²) in [7, 11) is 1.82. The zero-order valence-electron chi connectivity index (χ0n) is 15.7. The maximum absolute atomic E-state index is 4.61. The monoisotopic (exact) mass is 371 g/mol. The molecule has 0 saturated carbocycles. The molecule has 0 amide bonds. The Kier molecular flexibility index (Phi) is 7.03. The van der Waals surface area contributed by atoms with E-state index in [-0.39, 0.29) is 0 Å². The summed E-state index contributed by atoms with van der Waals surface area (Å²) in [5, 5.41) is 10.2. The lowest BCUT2D eigenvalue weighted by Gasteiger charge is -2.28. The standard InChI is InChI=1S/C20H29N5S/c1-3-19-24-17(15-26-19)13-22-20(21-2)23-14-18(25-11-7-8-12-25)16-9-5-4-6-10-16/h4-6,9-10,15,18H,3,7-8,11-14H2,1-2H3,(H2,21,22,23). The summed E-state index contributed by atoms with van der Waals surface area (Å²) in [6.07, 6.45) is 3.58. The molecule has 2 N–H and O–H groups in total. The highest BCUT2D eigenvalue weighted by atomic mass is 32.1. The number of guanidine groups is 1. The second-order valence-corrected chi connectivity index (χ2v) is 7.51. The molecule has 140 valence electrons. The number of benzene rings is 1. The number of hydrogen-bond acceptors (Lipinski definition) is 4. The van der Waals surface area contributed by atoms with E-state index in [0.29, 0.717) is 12.6 Å². The molecule has 1 unspecified atom stereocenters.